The van der Waals surface area contributed by atoms with E-state index < -0.39 is 9.84 Å². The van der Waals surface area contributed by atoms with Gasteiger partial charge in [-0.25, -0.2) is 13.1 Å². The number of carbonyl (C=O) groups excluding carboxylic acids is 2. The first-order valence-electron chi connectivity index (χ1n) is 8.77. The van der Waals surface area contributed by atoms with Crippen molar-refractivity contribution in [2.45, 2.75) is 19.4 Å². The zero-order valence-electron chi connectivity index (χ0n) is 15.0. The van der Waals surface area contributed by atoms with Gasteiger partial charge in [0.1, 0.15) is 0 Å². The zero-order valence-corrected chi connectivity index (χ0v) is 15.9. The predicted octanol–water partition coefficient (Wildman–Crippen LogP) is 0.638. The van der Waals surface area contributed by atoms with Gasteiger partial charge in [-0.2, -0.15) is 5.10 Å². The Morgan fingerprint density at radius 3 is 2.59 bits per heavy atom. The summed E-state index contributed by atoms with van der Waals surface area (Å²) in [7, 11) is -3.06. The van der Waals surface area contributed by atoms with Gasteiger partial charge in [0.25, 0.3) is 5.91 Å². The molecular weight excluding hydrogens is 368 g/mol. The van der Waals surface area contributed by atoms with Crippen LogP contribution >= 0.6 is 0 Å². The second kappa shape index (κ2) is 7.91. The first-order chi connectivity index (χ1) is 12.9. The molecule has 3 rings (SSSR count). The molecule has 1 aromatic heterocycles. The summed E-state index contributed by atoms with van der Waals surface area (Å²) < 4.78 is 24.7. The zero-order chi connectivity index (χ0) is 19.4. The average Bonchev–Trinajstić information content (AvgIpc) is 3.29. The lowest BCUT2D eigenvalue weighted by Crippen LogP contribution is -2.44. The molecule has 9 heteroatoms. The molecule has 2 aromatic rings. The second-order valence-electron chi connectivity index (χ2n) is 6.48. The molecule has 0 radical (unpaired) electrons. The van der Waals surface area contributed by atoms with Crippen LogP contribution in [-0.4, -0.2) is 65.5 Å². The van der Waals surface area contributed by atoms with Crippen molar-refractivity contribution in [1.29, 1.82) is 0 Å². The van der Waals surface area contributed by atoms with Crippen LogP contribution in [0, 0.1) is 0 Å². The summed E-state index contributed by atoms with van der Waals surface area (Å²) in [4.78, 5) is 26.3. The van der Waals surface area contributed by atoms with Crippen LogP contribution in [-0.2, 0) is 14.6 Å². The van der Waals surface area contributed by atoms with Gasteiger partial charge in [0.2, 0.25) is 5.91 Å². The standard InChI is InChI=1S/C18H22N4O4S/c1-2-21(12-17(23)20-15-8-11-27(25,26)13-15)18(24)14-4-6-16(7-5-14)22-10-3-9-19-22/h3-7,9-10,15H,2,8,11-13H2,1H3,(H,20,23)/t15-/m0/s1. The Labute approximate surface area is 158 Å². The lowest BCUT2D eigenvalue weighted by Gasteiger charge is -2.21. The highest BCUT2D eigenvalue weighted by Crippen LogP contribution is 2.13. The van der Waals surface area contributed by atoms with E-state index >= 15 is 0 Å². The fraction of sp³-hybridized carbons (Fsp3) is 0.389. The van der Waals surface area contributed by atoms with E-state index in [2.05, 4.69) is 10.4 Å². The van der Waals surface area contributed by atoms with Crippen molar-refractivity contribution in [1.82, 2.24) is 20.0 Å². The Balaban J connectivity index is 1.61. The molecule has 1 atom stereocenters. The smallest absolute Gasteiger partial charge is 0.254 e. The molecule has 0 unspecified atom stereocenters. The number of sulfone groups is 1. The van der Waals surface area contributed by atoms with Crippen molar-refractivity contribution >= 4 is 21.7 Å². The molecule has 0 saturated carbocycles. The Kier molecular flexibility index (Phi) is 5.59. The van der Waals surface area contributed by atoms with Gasteiger partial charge in [-0.1, -0.05) is 0 Å². The number of carbonyl (C=O) groups is 2. The van der Waals surface area contributed by atoms with E-state index in [1.165, 1.54) is 4.90 Å². The van der Waals surface area contributed by atoms with E-state index in [9.17, 15) is 18.0 Å². The lowest BCUT2D eigenvalue weighted by atomic mass is 10.1. The second-order valence-corrected chi connectivity index (χ2v) is 8.71. The van der Waals surface area contributed by atoms with Gasteiger partial charge in [-0.3, -0.25) is 9.59 Å². The minimum Gasteiger partial charge on any atom is -0.351 e. The number of hydrogen-bond acceptors (Lipinski definition) is 5. The van der Waals surface area contributed by atoms with Crippen LogP contribution in [0.3, 0.4) is 0 Å². The number of likely N-dealkylation sites (N-methyl/N-ethyl adjacent to an activating group) is 1. The molecule has 27 heavy (non-hydrogen) atoms. The molecule has 144 valence electrons. The summed E-state index contributed by atoms with van der Waals surface area (Å²) >= 11 is 0. The van der Waals surface area contributed by atoms with Crippen molar-refractivity contribution in [2.24, 2.45) is 0 Å². The number of nitrogens with one attached hydrogen (secondary N) is 1. The highest BCUT2D eigenvalue weighted by atomic mass is 32.2. The lowest BCUT2D eigenvalue weighted by molar-refractivity contribution is -0.122. The largest absolute Gasteiger partial charge is 0.351 e. The molecule has 2 heterocycles. The number of amides is 2. The summed E-state index contributed by atoms with van der Waals surface area (Å²) in [5.74, 6) is -0.538. The molecule has 1 fully saturated rings. The normalized spacial score (nSPS) is 18.2. The summed E-state index contributed by atoms with van der Waals surface area (Å²) in [6.07, 6.45) is 3.90. The van der Waals surface area contributed by atoms with Crippen LogP contribution in [0.25, 0.3) is 5.69 Å². The minimum atomic E-state index is -3.06. The summed E-state index contributed by atoms with van der Waals surface area (Å²) in [5.41, 5.74) is 1.31. The highest BCUT2D eigenvalue weighted by molar-refractivity contribution is 7.91. The van der Waals surface area contributed by atoms with E-state index in [1.54, 1.807) is 42.1 Å². The highest BCUT2D eigenvalue weighted by Gasteiger charge is 2.29. The van der Waals surface area contributed by atoms with E-state index in [0.717, 1.165) is 5.69 Å². The van der Waals surface area contributed by atoms with E-state index in [4.69, 9.17) is 0 Å². The number of nitrogens with zero attached hydrogens (tertiary/aromatic N) is 3. The Hall–Kier alpha value is -2.68. The van der Waals surface area contributed by atoms with Gasteiger partial charge < -0.3 is 10.2 Å². The fourth-order valence-electron chi connectivity index (χ4n) is 3.04. The maximum atomic E-state index is 12.7. The minimum absolute atomic E-state index is 0.0340. The third kappa shape index (κ3) is 4.73. The maximum absolute atomic E-state index is 12.7. The molecule has 1 N–H and O–H groups in total. The van der Waals surface area contributed by atoms with Crippen LogP contribution in [0.5, 0.6) is 0 Å². The molecule has 0 aliphatic carbocycles. The van der Waals surface area contributed by atoms with Gasteiger partial charge >= 0.3 is 0 Å². The number of hydrogen-bond donors (Lipinski definition) is 1. The van der Waals surface area contributed by atoms with E-state index in [1.807, 2.05) is 12.3 Å². The number of rotatable bonds is 6. The van der Waals surface area contributed by atoms with Gasteiger partial charge in [0.15, 0.2) is 9.84 Å². The summed E-state index contributed by atoms with van der Waals surface area (Å²) in [5, 5.41) is 6.85. The van der Waals surface area contributed by atoms with E-state index in [-0.39, 0.29) is 35.9 Å². The average molecular weight is 390 g/mol. The Bertz CT molecular complexity index is 907. The molecule has 1 aliphatic rings. The summed E-state index contributed by atoms with van der Waals surface area (Å²) in [6.45, 7) is 2.06. The predicted molar refractivity (Wildman–Crippen MR) is 100 cm³/mol. The SMILES string of the molecule is CCN(CC(=O)N[C@H]1CCS(=O)(=O)C1)C(=O)c1ccc(-n2cccn2)cc1. The van der Waals surface area contributed by atoms with Gasteiger partial charge in [-0.05, 0) is 43.7 Å². The van der Waals surface area contributed by atoms with Gasteiger partial charge in [-0.15, -0.1) is 0 Å². The van der Waals surface area contributed by atoms with Crippen LogP contribution in [0.1, 0.15) is 23.7 Å². The Morgan fingerprint density at radius 2 is 2.04 bits per heavy atom. The molecule has 8 nitrogen and oxygen atoms in total. The van der Waals surface area contributed by atoms with Crippen molar-refractivity contribution < 1.29 is 18.0 Å². The fourth-order valence-corrected chi connectivity index (χ4v) is 4.72. The third-order valence-electron chi connectivity index (χ3n) is 4.48. The monoisotopic (exact) mass is 390 g/mol. The van der Waals surface area contributed by atoms with Crippen molar-refractivity contribution in [3.63, 3.8) is 0 Å². The molecule has 1 saturated heterocycles. The number of aromatic nitrogens is 2. The molecule has 2 amide bonds. The van der Waals surface area contributed by atoms with Gasteiger partial charge in [0, 0.05) is 30.5 Å². The van der Waals surface area contributed by atoms with Crippen molar-refractivity contribution in [3.8, 4) is 5.69 Å². The topological polar surface area (TPSA) is 101 Å². The summed E-state index contributed by atoms with van der Waals surface area (Å²) in [6, 6.07) is 8.42. The van der Waals surface area contributed by atoms with E-state index in [0.29, 0.717) is 18.5 Å². The molecule has 1 aromatic carbocycles. The van der Waals surface area contributed by atoms with Crippen LogP contribution < -0.4 is 5.32 Å². The van der Waals surface area contributed by atoms with Crippen molar-refractivity contribution in [2.75, 3.05) is 24.6 Å². The Morgan fingerprint density at radius 1 is 1.30 bits per heavy atom. The third-order valence-corrected chi connectivity index (χ3v) is 6.25. The molecular formula is C18H22N4O4S. The quantitative estimate of drug-likeness (QED) is 0.780. The maximum Gasteiger partial charge on any atom is 0.254 e. The molecule has 0 bridgehead atoms. The first-order valence-corrected chi connectivity index (χ1v) is 10.6. The molecule has 0 spiro atoms. The van der Waals surface area contributed by atoms with Crippen LogP contribution in [0.2, 0.25) is 0 Å². The number of benzene rings is 1. The first kappa shape index (κ1) is 19.1. The van der Waals surface area contributed by atoms with Crippen LogP contribution in [0.4, 0.5) is 0 Å². The van der Waals surface area contributed by atoms with Gasteiger partial charge in [0.05, 0.1) is 23.7 Å². The van der Waals surface area contributed by atoms with Crippen molar-refractivity contribution in [3.05, 3.63) is 48.3 Å². The molecule has 1 aliphatic heterocycles. The van der Waals surface area contributed by atoms with Crippen LogP contribution in [0.15, 0.2) is 42.7 Å².